The summed E-state index contributed by atoms with van der Waals surface area (Å²) in [6.07, 6.45) is 1.84. The Hall–Kier alpha value is -2.27. The Morgan fingerprint density at radius 2 is 2.14 bits per heavy atom. The first-order valence-electron chi connectivity index (χ1n) is 6.76. The van der Waals surface area contributed by atoms with Crippen molar-refractivity contribution in [2.45, 2.75) is 20.4 Å². The number of phenols is 1. The van der Waals surface area contributed by atoms with Crippen molar-refractivity contribution in [3.05, 3.63) is 52.5 Å². The van der Waals surface area contributed by atoms with E-state index in [1.807, 2.05) is 38.2 Å². The minimum Gasteiger partial charge on any atom is -0.507 e. The molecule has 4 nitrogen and oxygen atoms in total. The molecular weight excluding hydrogens is 282 g/mol. The minimum atomic E-state index is 0.352. The second-order valence-electron chi connectivity index (χ2n) is 5.00. The monoisotopic (exact) mass is 299 g/mol. The molecule has 0 unspecified atom stereocenters. The van der Waals surface area contributed by atoms with E-state index in [1.165, 1.54) is 4.88 Å². The maximum Gasteiger partial charge on any atom is 0.123 e. The van der Waals surface area contributed by atoms with Gasteiger partial charge in [-0.25, -0.2) is 0 Å². The van der Waals surface area contributed by atoms with Gasteiger partial charge in [-0.2, -0.15) is 5.10 Å². The number of nitrogens with zero attached hydrogens (tertiary/aromatic N) is 1. The van der Waals surface area contributed by atoms with Gasteiger partial charge in [0.2, 0.25) is 0 Å². The normalized spacial score (nSPS) is 10.8. The Balaban J connectivity index is 1.81. The fourth-order valence-corrected chi connectivity index (χ4v) is 3.05. The zero-order valence-corrected chi connectivity index (χ0v) is 12.8. The van der Waals surface area contributed by atoms with E-state index in [0.717, 1.165) is 28.1 Å². The Morgan fingerprint density at radius 3 is 2.90 bits per heavy atom. The van der Waals surface area contributed by atoms with Crippen LogP contribution in [0, 0.1) is 13.8 Å². The highest BCUT2D eigenvalue weighted by molar-refractivity contribution is 7.13. The van der Waals surface area contributed by atoms with E-state index in [-0.39, 0.29) is 0 Å². The van der Waals surface area contributed by atoms with Crippen LogP contribution in [0.25, 0.3) is 10.6 Å². The van der Waals surface area contributed by atoms with Crippen molar-refractivity contribution < 1.29 is 5.11 Å². The number of aromatic hydroxyl groups is 1. The highest BCUT2D eigenvalue weighted by atomic mass is 32.1. The third-order valence-electron chi connectivity index (χ3n) is 3.59. The number of anilines is 1. The summed E-state index contributed by atoms with van der Waals surface area (Å²) in [6.45, 7) is 4.48. The average Bonchev–Trinajstić information content (AvgIpc) is 3.14. The number of benzene rings is 1. The van der Waals surface area contributed by atoms with E-state index in [9.17, 15) is 5.11 Å². The molecule has 3 rings (SSSR count). The lowest BCUT2D eigenvalue weighted by Gasteiger charge is -2.12. The largest absolute Gasteiger partial charge is 0.507 e. The van der Waals surface area contributed by atoms with Gasteiger partial charge in [0.15, 0.2) is 0 Å². The van der Waals surface area contributed by atoms with Crippen LogP contribution in [0.4, 0.5) is 5.69 Å². The third kappa shape index (κ3) is 2.64. The fraction of sp³-hybridized carbons (Fsp3) is 0.188. The average molecular weight is 299 g/mol. The number of aromatic nitrogens is 2. The van der Waals surface area contributed by atoms with Crippen LogP contribution in [0.15, 0.2) is 35.8 Å². The van der Waals surface area contributed by atoms with Crippen LogP contribution in [0.5, 0.6) is 5.75 Å². The number of hydrogen-bond donors (Lipinski definition) is 3. The molecule has 0 aliphatic carbocycles. The van der Waals surface area contributed by atoms with E-state index >= 15 is 0 Å². The zero-order valence-electron chi connectivity index (χ0n) is 12.0. The SMILES string of the molecule is Cc1ccc(NCc2cn[nH]c2-c2cccs2)c(C)c1O. The molecule has 0 aliphatic heterocycles. The predicted molar refractivity (Wildman–Crippen MR) is 86.8 cm³/mol. The van der Waals surface area contributed by atoms with Crippen molar-refractivity contribution in [2.75, 3.05) is 5.32 Å². The lowest BCUT2D eigenvalue weighted by Crippen LogP contribution is -2.01. The van der Waals surface area contributed by atoms with E-state index in [1.54, 1.807) is 11.3 Å². The Labute approximate surface area is 127 Å². The van der Waals surface area contributed by atoms with E-state index < -0.39 is 0 Å². The van der Waals surface area contributed by atoms with Crippen molar-refractivity contribution in [1.29, 1.82) is 0 Å². The van der Waals surface area contributed by atoms with Gasteiger partial charge in [-0.15, -0.1) is 11.3 Å². The van der Waals surface area contributed by atoms with Gasteiger partial charge in [-0.05, 0) is 36.9 Å². The van der Waals surface area contributed by atoms with Crippen molar-refractivity contribution in [3.8, 4) is 16.3 Å². The van der Waals surface area contributed by atoms with Gasteiger partial charge >= 0.3 is 0 Å². The van der Waals surface area contributed by atoms with Gasteiger partial charge in [0, 0.05) is 23.4 Å². The topological polar surface area (TPSA) is 60.9 Å². The molecule has 108 valence electrons. The first-order valence-corrected chi connectivity index (χ1v) is 7.64. The van der Waals surface area contributed by atoms with Gasteiger partial charge in [0.05, 0.1) is 16.8 Å². The van der Waals surface area contributed by atoms with E-state index in [0.29, 0.717) is 12.3 Å². The van der Waals surface area contributed by atoms with Crippen molar-refractivity contribution >= 4 is 17.0 Å². The summed E-state index contributed by atoms with van der Waals surface area (Å²) >= 11 is 1.69. The van der Waals surface area contributed by atoms with Crippen molar-refractivity contribution in [1.82, 2.24) is 10.2 Å². The molecule has 0 atom stereocenters. The van der Waals surface area contributed by atoms with E-state index in [4.69, 9.17) is 0 Å². The second-order valence-corrected chi connectivity index (χ2v) is 5.95. The van der Waals surface area contributed by atoms with E-state index in [2.05, 4.69) is 27.0 Å². The fourth-order valence-electron chi connectivity index (χ4n) is 2.30. The van der Waals surface area contributed by atoms with Crippen LogP contribution >= 0.6 is 11.3 Å². The number of rotatable bonds is 4. The Morgan fingerprint density at radius 1 is 1.29 bits per heavy atom. The van der Waals surface area contributed by atoms with Crippen molar-refractivity contribution in [2.24, 2.45) is 0 Å². The first-order chi connectivity index (χ1) is 10.2. The van der Waals surface area contributed by atoms with Gasteiger partial charge in [-0.1, -0.05) is 12.1 Å². The number of phenolic OH excluding ortho intramolecular Hbond substituents is 1. The first kappa shape index (κ1) is 13.7. The van der Waals surface area contributed by atoms with Gasteiger partial charge in [-0.3, -0.25) is 5.10 Å². The molecule has 0 spiro atoms. The zero-order chi connectivity index (χ0) is 14.8. The summed E-state index contributed by atoms with van der Waals surface area (Å²) in [7, 11) is 0. The Bertz CT molecular complexity index is 747. The van der Waals surface area contributed by atoms with Crippen LogP contribution in [0.1, 0.15) is 16.7 Å². The molecule has 0 amide bonds. The predicted octanol–water partition coefficient (Wildman–Crippen LogP) is 4.07. The third-order valence-corrected chi connectivity index (χ3v) is 4.47. The number of H-pyrrole nitrogens is 1. The standard InChI is InChI=1S/C16H17N3OS/c1-10-5-6-13(11(2)16(10)20)17-8-12-9-18-19-15(12)14-4-3-7-21-14/h3-7,9,17,20H,8H2,1-2H3,(H,18,19). The van der Waals surface area contributed by atoms with Crippen LogP contribution < -0.4 is 5.32 Å². The van der Waals surface area contributed by atoms with Crippen molar-refractivity contribution in [3.63, 3.8) is 0 Å². The number of thiophene rings is 1. The van der Waals surface area contributed by atoms with Gasteiger partial charge < -0.3 is 10.4 Å². The highest BCUT2D eigenvalue weighted by Gasteiger charge is 2.10. The molecule has 2 aromatic heterocycles. The summed E-state index contributed by atoms with van der Waals surface area (Å²) < 4.78 is 0. The summed E-state index contributed by atoms with van der Waals surface area (Å²) in [5.74, 6) is 0.352. The van der Waals surface area contributed by atoms with Crippen LogP contribution in [-0.4, -0.2) is 15.3 Å². The molecular formula is C16H17N3OS. The summed E-state index contributed by atoms with van der Waals surface area (Å²) in [6, 6.07) is 8.01. The molecule has 0 aliphatic rings. The maximum absolute atomic E-state index is 9.99. The maximum atomic E-state index is 9.99. The lowest BCUT2D eigenvalue weighted by atomic mass is 10.1. The van der Waals surface area contributed by atoms with Gasteiger partial charge in [0.1, 0.15) is 5.75 Å². The summed E-state index contributed by atoms with van der Waals surface area (Å²) in [5.41, 5.74) is 4.86. The molecule has 0 fully saturated rings. The molecule has 0 saturated heterocycles. The smallest absolute Gasteiger partial charge is 0.123 e. The molecule has 3 aromatic rings. The molecule has 2 heterocycles. The molecule has 3 N–H and O–H groups in total. The highest BCUT2D eigenvalue weighted by Crippen LogP contribution is 2.30. The molecule has 0 radical (unpaired) electrons. The minimum absolute atomic E-state index is 0.352. The van der Waals surface area contributed by atoms with Crippen LogP contribution in [0.2, 0.25) is 0 Å². The second kappa shape index (κ2) is 5.61. The molecule has 0 saturated carbocycles. The number of nitrogens with one attached hydrogen (secondary N) is 2. The number of hydrogen-bond acceptors (Lipinski definition) is 4. The summed E-state index contributed by atoms with van der Waals surface area (Å²) in [5, 5.41) is 22.6. The molecule has 21 heavy (non-hydrogen) atoms. The van der Waals surface area contributed by atoms with Gasteiger partial charge in [0.25, 0.3) is 0 Å². The Kier molecular flexibility index (Phi) is 3.66. The quantitative estimate of drug-likeness (QED) is 0.680. The molecule has 5 heteroatoms. The summed E-state index contributed by atoms with van der Waals surface area (Å²) in [4.78, 5) is 1.17. The van der Waals surface area contributed by atoms with Crippen LogP contribution in [0.3, 0.4) is 0 Å². The molecule has 1 aromatic carbocycles. The van der Waals surface area contributed by atoms with Crippen LogP contribution in [-0.2, 0) is 6.54 Å². The molecule has 0 bridgehead atoms. The lowest BCUT2D eigenvalue weighted by molar-refractivity contribution is 0.467. The number of aromatic amines is 1. The number of aryl methyl sites for hydroxylation is 1.